The van der Waals surface area contributed by atoms with Crippen LogP contribution in [-0.4, -0.2) is 29.4 Å². The van der Waals surface area contributed by atoms with Gasteiger partial charge in [-0.25, -0.2) is 10.2 Å². The molecule has 0 radical (unpaired) electrons. The van der Waals surface area contributed by atoms with E-state index in [1.807, 2.05) is 12.1 Å². The molecule has 0 aliphatic heterocycles. The van der Waals surface area contributed by atoms with Crippen molar-refractivity contribution in [2.75, 3.05) is 6.16 Å². The quantitative estimate of drug-likeness (QED) is 0.358. The Hall–Kier alpha value is -3.50. The van der Waals surface area contributed by atoms with Gasteiger partial charge in [0.25, 0.3) is 0 Å². The van der Waals surface area contributed by atoms with E-state index in [4.69, 9.17) is 5.11 Å². The van der Waals surface area contributed by atoms with Crippen LogP contribution in [0.25, 0.3) is 0 Å². The van der Waals surface area contributed by atoms with Crippen LogP contribution in [0.3, 0.4) is 0 Å². The summed E-state index contributed by atoms with van der Waals surface area (Å²) >= 11 is 0. The molecule has 146 valence electrons. The number of benzene rings is 3. The monoisotopic (exact) mass is 406 g/mol. The van der Waals surface area contributed by atoms with E-state index in [9.17, 15) is 14.2 Å². The minimum Gasteiger partial charge on any atom is -0.478 e. The van der Waals surface area contributed by atoms with Crippen molar-refractivity contribution in [1.29, 1.82) is 0 Å². The molecule has 3 aromatic carbocycles. The fourth-order valence-electron chi connectivity index (χ4n) is 2.80. The van der Waals surface area contributed by atoms with Gasteiger partial charge in [-0.15, -0.1) is 0 Å². The second-order valence-corrected chi connectivity index (χ2v) is 9.12. The van der Waals surface area contributed by atoms with Crippen LogP contribution in [0.4, 0.5) is 0 Å². The van der Waals surface area contributed by atoms with Gasteiger partial charge in [0.2, 0.25) is 5.91 Å². The highest BCUT2D eigenvalue weighted by molar-refractivity contribution is 7.79. The molecule has 2 N–H and O–H groups in total. The van der Waals surface area contributed by atoms with E-state index in [2.05, 4.69) is 10.5 Å². The predicted molar refractivity (Wildman–Crippen MR) is 114 cm³/mol. The molecule has 0 saturated heterocycles. The fourth-order valence-corrected chi connectivity index (χ4v) is 5.24. The Balaban J connectivity index is 1.74. The maximum Gasteiger partial charge on any atom is 0.335 e. The van der Waals surface area contributed by atoms with Crippen LogP contribution in [0, 0.1) is 0 Å². The molecule has 29 heavy (non-hydrogen) atoms. The van der Waals surface area contributed by atoms with Gasteiger partial charge in [-0.05, 0) is 17.7 Å². The summed E-state index contributed by atoms with van der Waals surface area (Å²) in [6.45, 7) is 0. The summed E-state index contributed by atoms with van der Waals surface area (Å²) in [7, 11) is -3.16. The second kappa shape index (κ2) is 9.13. The summed E-state index contributed by atoms with van der Waals surface area (Å²) in [5.41, 5.74) is 3.20. The molecule has 0 bridgehead atoms. The van der Waals surface area contributed by atoms with Gasteiger partial charge < -0.3 is 9.67 Å². The SMILES string of the molecule is O=C(CP(=O)(c1ccccc1)c1ccccc1)N/N=C/c1ccc(C(=O)O)cc1. The fraction of sp³-hybridized carbons (Fsp3) is 0.0455. The number of hydrazone groups is 1. The number of carbonyl (C=O) groups is 2. The van der Waals surface area contributed by atoms with Crippen molar-refractivity contribution in [3.8, 4) is 0 Å². The Morgan fingerprint density at radius 3 is 1.86 bits per heavy atom. The molecule has 3 aromatic rings. The highest BCUT2D eigenvalue weighted by Crippen LogP contribution is 2.42. The Morgan fingerprint density at radius 2 is 1.38 bits per heavy atom. The van der Waals surface area contributed by atoms with E-state index in [0.29, 0.717) is 16.2 Å². The van der Waals surface area contributed by atoms with E-state index in [-0.39, 0.29) is 11.7 Å². The first kappa shape index (κ1) is 20.2. The van der Waals surface area contributed by atoms with Crippen LogP contribution in [0.15, 0.2) is 90.0 Å². The molecule has 1 amide bonds. The Morgan fingerprint density at radius 1 is 0.862 bits per heavy atom. The smallest absolute Gasteiger partial charge is 0.335 e. The van der Waals surface area contributed by atoms with Gasteiger partial charge in [-0.2, -0.15) is 5.10 Å². The molecule has 0 unspecified atom stereocenters. The highest BCUT2D eigenvalue weighted by Gasteiger charge is 2.30. The van der Waals surface area contributed by atoms with E-state index in [0.717, 1.165) is 0 Å². The average molecular weight is 406 g/mol. The molecular weight excluding hydrogens is 387 g/mol. The first-order chi connectivity index (χ1) is 14.0. The van der Waals surface area contributed by atoms with Crippen molar-refractivity contribution in [1.82, 2.24) is 5.43 Å². The van der Waals surface area contributed by atoms with Crippen LogP contribution >= 0.6 is 7.14 Å². The molecule has 6 nitrogen and oxygen atoms in total. The molecule has 0 aromatic heterocycles. The Kier molecular flexibility index (Phi) is 6.37. The molecule has 3 rings (SSSR count). The van der Waals surface area contributed by atoms with Crippen molar-refractivity contribution in [2.45, 2.75) is 0 Å². The van der Waals surface area contributed by atoms with Gasteiger partial charge in [0.05, 0.1) is 17.9 Å². The van der Waals surface area contributed by atoms with Crippen LogP contribution in [0.2, 0.25) is 0 Å². The van der Waals surface area contributed by atoms with E-state index < -0.39 is 19.0 Å². The van der Waals surface area contributed by atoms with Crippen molar-refractivity contribution in [3.05, 3.63) is 96.1 Å². The number of hydrogen-bond donors (Lipinski definition) is 2. The zero-order valence-electron chi connectivity index (χ0n) is 15.4. The first-order valence-corrected chi connectivity index (χ1v) is 10.7. The van der Waals surface area contributed by atoms with Crippen LogP contribution in [0.1, 0.15) is 15.9 Å². The molecule has 0 spiro atoms. The number of nitrogens with one attached hydrogen (secondary N) is 1. The standard InChI is InChI=1S/C22H19N2O4P/c25-21(24-23-15-17-11-13-18(14-12-17)22(26)27)16-29(28,19-7-3-1-4-8-19)20-9-5-2-6-10-20/h1-15H,16H2,(H,24,25)(H,26,27)/b23-15+. The van der Waals surface area contributed by atoms with E-state index in [1.165, 1.54) is 18.3 Å². The van der Waals surface area contributed by atoms with Crippen molar-refractivity contribution in [3.63, 3.8) is 0 Å². The van der Waals surface area contributed by atoms with Crippen LogP contribution in [-0.2, 0) is 9.36 Å². The third kappa shape index (κ3) is 5.06. The Bertz CT molecular complexity index is 1020. The lowest BCUT2D eigenvalue weighted by atomic mass is 10.1. The topological polar surface area (TPSA) is 95.8 Å². The molecule has 0 saturated carbocycles. The van der Waals surface area contributed by atoms with Crippen molar-refractivity contribution >= 4 is 35.8 Å². The second-order valence-electron chi connectivity index (χ2n) is 6.29. The van der Waals surface area contributed by atoms with Gasteiger partial charge in [-0.3, -0.25) is 4.79 Å². The van der Waals surface area contributed by atoms with E-state index in [1.54, 1.807) is 60.7 Å². The van der Waals surface area contributed by atoms with Gasteiger partial charge in [0.1, 0.15) is 0 Å². The Labute approximate surface area is 168 Å². The number of carbonyl (C=O) groups excluding carboxylic acids is 1. The van der Waals surface area contributed by atoms with Crippen LogP contribution in [0.5, 0.6) is 0 Å². The van der Waals surface area contributed by atoms with Crippen molar-refractivity contribution < 1.29 is 19.3 Å². The number of nitrogens with zero attached hydrogens (tertiary/aromatic N) is 1. The summed E-state index contributed by atoms with van der Waals surface area (Å²) in [6.07, 6.45) is 1.19. The third-order valence-electron chi connectivity index (χ3n) is 4.27. The van der Waals surface area contributed by atoms with Crippen LogP contribution < -0.4 is 16.0 Å². The minimum atomic E-state index is -3.16. The number of aromatic carboxylic acids is 1. The molecule has 0 aliphatic rings. The molecule has 0 aliphatic carbocycles. The summed E-state index contributed by atoms with van der Waals surface area (Å²) in [5.74, 6) is -1.49. The van der Waals surface area contributed by atoms with E-state index >= 15 is 0 Å². The van der Waals surface area contributed by atoms with Crippen molar-refractivity contribution in [2.24, 2.45) is 5.10 Å². The number of amides is 1. The summed E-state index contributed by atoms with van der Waals surface area (Å²) < 4.78 is 13.8. The molecular formula is C22H19N2O4P. The normalized spacial score (nSPS) is 11.3. The molecule has 0 heterocycles. The van der Waals surface area contributed by atoms with Gasteiger partial charge >= 0.3 is 5.97 Å². The maximum atomic E-state index is 13.8. The number of hydrogen-bond acceptors (Lipinski definition) is 4. The first-order valence-electron chi connectivity index (χ1n) is 8.84. The summed E-state index contributed by atoms with van der Waals surface area (Å²) in [5, 5.41) is 14.0. The van der Waals surface area contributed by atoms with Gasteiger partial charge in [-0.1, -0.05) is 72.8 Å². The zero-order chi connectivity index (χ0) is 20.7. The minimum absolute atomic E-state index is 0.165. The lowest BCUT2D eigenvalue weighted by molar-refractivity contribution is -0.118. The predicted octanol–water partition coefficient (Wildman–Crippen LogP) is 2.85. The molecule has 7 heteroatoms. The number of carboxylic acids is 1. The third-order valence-corrected chi connectivity index (χ3v) is 7.27. The number of carboxylic acid groups (broad SMARTS) is 1. The summed E-state index contributed by atoms with van der Waals surface area (Å²) in [4.78, 5) is 23.3. The maximum absolute atomic E-state index is 13.8. The molecule has 0 fully saturated rings. The number of rotatable bonds is 7. The lowest BCUT2D eigenvalue weighted by Crippen LogP contribution is -2.28. The average Bonchev–Trinajstić information content (AvgIpc) is 2.75. The summed E-state index contributed by atoms with van der Waals surface area (Å²) in [6, 6.07) is 23.9. The van der Waals surface area contributed by atoms with Gasteiger partial charge in [0.15, 0.2) is 7.14 Å². The zero-order valence-corrected chi connectivity index (χ0v) is 16.3. The lowest BCUT2D eigenvalue weighted by Gasteiger charge is -2.18. The van der Waals surface area contributed by atoms with Gasteiger partial charge in [0, 0.05) is 10.6 Å². The molecule has 0 atom stereocenters. The largest absolute Gasteiger partial charge is 0.478 e. The highest BCUT2D eigenvalue weighted by atomic mass is 31.2.